The number of nitrogens with two attached hydrogens (primary N) is 1. The molecule has 2 heteroatoms. The van der Waals surface area contributed by atoms with Gasteiger partial charge in [-0.2, -0.15) is 0 Å². The SMILES string of the molecule is CN1CCC(CCCC(C)(C)N)CC1. The van der Waals surface area contributed by atoms with Gasteiger partial charge in [-0.3, -0.25) is 0 Å². The van der Waals surface area contributed by atoms with Crippen LogP contribution in [-0.2, 0) is 0 Å². The summed E-state index contributed by atoms with van der Waals surface area (Å²) in [5.41, 5.74) is 6.00. The molecule has 0 unspecified atom stereocenters. The van der Waals surface area contributed by atoms with Crippen LogP contribution in [0.3, 0.4) is 0 Å². The Kier molecular flexibility index (Phi) is 4.39. The highest BCUT2D eigenvalue weighted by Gasteiger charge is 2.17. The number of likely N-dealkylation sites (tertiary alicyclic amines) is 1. The van der Waals surface area contributed by atoms with Crippen LogP contribution in [0.1, 0.15) is 46.0 Å². The maximum Gasteiger partial charge on any atom is 0.00970 e. The van der Waals surface area contributed by atoms with Gasteiger partial charge in [-0.1, -0.05) is 12.8 Å². The van der Waals surface area contributed by atoms with Crippen molar-refractivity contribution in [3.63, 3.8) is 0 Å². The fourth-order valence-electron chi connectivity index (χ4n) is 2.20. The van der Waals surface area contributed by atoms with Gasteiger partial charge in [0.2, 0.25) is 0 Å². The zero-order valence-corrected chi connectivity index (χ0v) is 10.1. The smallest absolute Gasteiger partial charge is 0.00970 e. The molecule has 0 aromatic carbocycles. The summed E-state index contributed by atoms with van der Waals surface area (Å²) in [6.07, 6.45) is 6.63. The molecule has 0 bridgehead atoms. The second-order valence-corrected chi connectivity index (χ2v) is 5.63. The van der Waals surface area contributed by atoms with E-state index in [-0.39, 0.29) is 5.54 Å². The van der Waals surface area contributed by atoms with Crippen LogP contribution in [-0.4, -0.2) is 30.6 Å². The van der Waals surface area contributed by atoms with Crippen LogP contribution < -0.4 is 5.73 Å². The molecule has 0 atom stereocenters. The topological polar surface area (TPSA) is 29.3 Å². The molecule has 1 aliphatic rings. The highest BCUT2D eigenvalue weighted by molar-refractivity contribution is 4.74. The van der Waals surface area contributed by atoms with Crippen LogP contribution in [0.4, 0.5) is 0 Å². The molecule has 0 amide bonds. The van der Waals surface area contributed by atoms with Crippen molar-refractivity contribution in [2.24, 2.45) is 11.7 Å². The fourth-order valence-corrected chi connectivity index (χ4v) is 2.20. The van der Waals surface area contributed by atoms with Crippen molar-refractivity contribution < 1.29 is 0 Å². The lowest BCUT2D eigenvalue weighted by Crippen LogP contribution is -2.32. The van der Waals surface area contributed by atoms with Crippen molar-refractivity contribution in [1.29, 1.82) is 0 Å². The number of piperidine rings is 1. The summed E-state index contributed by atoms with van der Waals surface area (Å²) >= 11 is 0. The van der Waals surface area contributed by atoms with Gasteiger partial charge in [0.15, 0.2) is 0 Å². The van der Waals surface area contributed by atoms with E-state index in [1.54, 1.807) is 0 Å². The summed E-state index contributed by atoms with van der Waals surface area (Å²) < 4.78 is 0. The van der Waals surface area contributed by atoms with Gasteiger partial charge < -0.3 is 10.6 Å². The number of rotatable bonds is 4. The van der Waals surface area contributed by atoms with E-state index in [9.17, 15) is 0 Å². The summed E-state index contributed by atoms with van der Waals surface area (Å²) in [6, 6.07) is 0. The van der Waals surface area contributed by atoms with E-state index in [4.69, 9.17) is 5.73 Å². The molecule has 0 saturated carbocycles. The Morgan fingerprint density at radius 2 is 1.86 bits per heavy atom. The number of nitrogens with zero attached hydrogens (tertiary/aromatic N) is 1. The minimum Gasteiger partial charge on any atom is -0.326 e. The molecule has 1 saturated heterocycles. The molecule has 1 heterocycles. The number of hydrogen-bond acceptors (Lipinski definition) is 2. The van der Waals surface area contributed by atoms with Gasteiger partial charge in [-0.05, 0) is 59.2 Å². The summed E-state index contributed by atoms with van der Waals surface area (Å²) in [5, 5.41) is 0. The minimum atomic E-state index is 0.0332. The van der Waals surface area contributed by atoms with E-state index < -0.39 is 0 Å². The van der Waals surface area contributed by atoms with Crippen molar-refractivity contribution in [2.45, 2.75) is 51.5 Å². The Labute approximate surface area is 88.8 Å². The second-order valence-electron chi connectivity index (χ2n) is 5.63. The Bertz CT molecular complexity index is 152. The Morgan fingerprint density at radius 3 is 2.36 bits per heavy atom. The summed E-state index contributed by atoms with van der Waals surface area (Å²) in [6.45, 7) is 6.83. The molecule has 2 nitrogen and oxygen atoms in total. The first kappa shape index (κ1) is 12.0. The van der Waals surface area contributed by atoms with E-state index in [0.29, 0.717) is 0 Å². The second kappa shape index (κ2) is 5.13. The summed E-state index contributed by atoms with van der Waals surface area (Å²) in [5.74, 6) is 0.966. The molecule has 1 fully saturated rings. The normalized spacial score (nSPS) is 21.4. The lowest BCUT2D eigenvalue weighted by molar-refractivity contribution is 0.207. The molecule has 0 aromatic rings. The summed E-state index contributed by atoms with van der Waals surface area (Å²) in [7, 11) is 2.22. The van der Waals surface area contributed by atoms with Gasteiger partial charge in [0.25, 0.3) is 0 Å². The maximum absolute atomic E-state index is 5.96. The third-order valence-corrected chi connectivity index (χ3v) is 3.27. The lowest BCUT2D eigenvalue weighted by Gasteiger charge is -2.29. The third kappa shape index (κ3) is 4.97. The van der Waals surface area contributed by atoms with Gasteiger partial charge in [0.1, 0.15) is 0 Å². The molecule has 1 rings (SSSR count). The van der Waals surface area contributed by atoms with Crippen molar-refractivity contribution in [2.75, 3.05) is 20.1 Å². The van der Waals surface area contributed by atoms with Crippen LogP contribution in [0.15, 0.2) is 0 Å². The third-order valence-electron chi connectivity index (χ3n) is 3.27. The average molecular weight is 198 g/mol. The molecule has 84 valence electrons. The van der Waals surface area contributed by atoms with Gasteiger partial charge in [-0.15, -0.1) is 0 Å². The monoisotopic (exact) mass is 198 g/mol. The number of hydrogen-bond donors (Lipinski definition) is 1. The minimum absolute atomic E-state index is 0.0332. The highest BCUT2D eigenvalue weighted by Crippen LogP contribution is 2.23. The maximum atomic E-state index is 5.96. The summed E-state index contributed by atoms with van der Waals surface area (Å²) in [4.78, 5) is 2.43. The van der Waals surface area contributed by atoms with Crippen LogP contribution in [0.5, 0.6) is 0 Å². The first-order valence-corrected chi connectivity index (χ1v) is 5.95. The lowest BCUT2D eigenvalue weighted by atomic mass is 9.89. The first-order chi connectivity index (χ1) is 6.47. The molecular weight excluding hydrogens is 172 g/mol. The van der Waals surface area contributed by atoms with Crippen molar-refractivity contribution in [3.05, 3.63) is 0 Å². The van der Waals surface area contributed by atoms with E-state index in [1.807, 2.05) is 0 Å². The van der Waals surface area contributed by atoms with Crippen molar-refractivity contribution >= 4 is 0 Å². The predicted octanol–water partition coefficient (Wildman–Crippen LogP) is 2.24. The molecule has 0 aliphatic carbocycles. The zero-order valence-electron chi connectivity index (χ0n) is 10.1. The van der Waals surface area contributed by atoms with Gasteiger partial charge in [0, 0.05) is 5.54 Å². The van der Waals surface area contributed by atoms with Crippen LogP contribution in [0.25, 0.3) is 0 Å². The molecule has 2 N–H and O–H groups in total. The van der Waals surface area contributed by atoms with Gasteiger partial charge in [0.05, 0.1) is 0 Å². The van der Waals surface area contributed by atoms with Crippen molar-refractivity contribution in [1.82, 2.24) is 4.90 Å². The predicted molar refractivity (Wildman–Crippen MR) is 62.3 cm³/mol. The molecule has 14 heavy (non-hydrogen) atoms. The fraction of sp³-hybridized carbons (Fsp3) is 1.00. The van der Waals surface area contributed by atoms with Gasteiger partial charge in [-0.25, -0.2) is 0 Å². The molecule has 0 spiro atoms. The Morgan fingerprint density at radius 1 is 1.29 bits per heavy atom. The van der Waals surface area contributed by atoms with Crippen LogP contribution in [0, 0.1) is 5.92 Å². The van der Waals surface area contributed by atoms with E-state index >= 15 is 0 Å². The van der Waals surface area contributed by atoms with E-state index in [1.165, 1.54) is 45.2 Å². The molecule has 0 radical (unpaired) electrons. The van der Waals surface area contributed by atoms with Crippen LogP contribution >= 0.6 is 0 Å². The van der Waals surface area contributed by atoms with Gasteiger partial charge >= 0.3 is 0 Å². The van der Waals surface area contributed by atoms with Crippen molar-refractivity contribution in [3.8, 4) is 0 Å². The standard InChI is InChI=1S/C12H26N2/c1-12(2,13)8-4-5-11-6-9-14(3)10-7-11/h11H,4-10,13H2,1-3H3. The Balaban J connectivity index is 2.08. The van der Waals surface area contributed by atoms with E-state index in [2.05, 4.69) is 25.8 Å². The Hall–Kier alpha value is -0.0800. The molecule has 1 aliphatic heterocycles. The first-order valence-electron chi connectivity index (χ1n) is 5.95. The molecular formula is C12H26N2. The average Bonchev–Trinajstić information content (AvgIpc) is 2.06. The largest absolute Gasteiger partial charge is 0.326 e. The van der Waals surface area contributed by atoms with Crippen LogP contribution in [0.2, 0.25) is 0 Å². The highest BCUT2D eigenvalue weighted by atomic mass is 15.1. The molecule has 0 aromatic heterocycles. The zero-order chi connectivity index (χ0) is 10.6. The van der Waals surface area contributed by atoms with E-state index in [0.717, 1.165) is 5.92 Å². The quantitative estimate of drug-likeness (QED) is 0.750.